The number of nitriles is 1. The summed E-state index contributed by atoms with van der Waals surface area (Å²) in [6.07, 6.45) is 0. The fraction of sp³-hybridized carbons (Fsp3) is 0.0714. The molecule has 0 aliphatic carbocycles. The molecule has 0 aliphatic heterocycles. The Bertz CT molecular complexity index is 607. The van der Waals surface area contributed by atoms with E-state index in [-0.39, 0.29) is 12.4 Å². The maximum absolute atomic E-state index is 13.0. The molecule has 2 rings (SSSR count). The molecular weight excluding hydrogens is 253 g/mol. The smallest absolute Gasteiger partial charge is 0.137 e. The van der Waals surface area contributed by atoms with Gasteiger partial charge < -0.3 is 4.74 Å². The van der Waals surface area contributed by atoms with Gasteiger partial charge in [0.2, 0.25) is 0 Å². The first-order chi connectivity index (χ1) is 8.69. The van der Waals surface area contributed by atoms with Crippen LogP contribution in [0.2, 0.25) is 5.02 Å². The minimum absolute atomic E-state index is 0.202. The second-order valence-electron chi connectivity index (χ2n) is 3.67. The molecule has 0 saturated carbocycles. The third-order valence-electron chi connectivity index (χ3n) is 2.35. The van der Waals surface area contributed by atoms with Crippen molar-refractivity contribution in [2.24, 2.45) is 0 Å². The van der Waals surface area contributed by atoms with E-state index in [0.29, 0.717) is 21.9 Å². The standard InChI is InChI=1S/C14H9ClFNO/c15-12-4-5-14(11(7-12)8-17)18-9-10-2-1-3-13(16)6-10/h1-7H,9H2. The maximum Gasteiger partial charge on any atom is 0.137 e. The normalized spacial score (nSPS) is 9.83. The lowest BCUT2D eigenvalue weighted by Crippen LogP contribution is -1.97. The zero-order valence-electron chi connectivity index (χ0n) is 9.36. The molecule has 0 atom stereocenters. The van der Waals surface area contributed by atoms with Gasteiger partial charge in [-0.25, -0.2) is 4.39 Å². The largest absolute Gasteiger partial charge is 0.488 e. The maximum atomic E-state index is 13.0. The molecule has 0 N–H and O–H groups in total. The highest BCUT2D eigenvalue weighted by molar-refractivity contribution is 6.30. The van der Waals surface area contributed by atoms with Gasteiger partial charge in [-0.1, -0.05) is 23.7 Å². The third-order valence-corrected chi connectivity index (χ3v) is 2.58. The predicted molar refractivity (Wildman–Crippen MR) is 66.9 cm³/mol. The molecule has 0 heterocycles. The van der Waals surface area contributed by atoms with Crippen LogP contribution in [-0.4, -0.2) is 0 Å². The Morgan fingerprint density at radius 1 is 1.22 bits per heavy atom. The van der Waals surface area contributed by atoms with E-state index in [2.05, 4.69) is 0 Å². The lowest BCUT2D eigenvalue weighted by Gasteiger charge is -2.08. The summed E-state index contributed by atoms with van der Waals surface area (Å²) in [5, 5.41) is 9.41. The predicted octanol–water partition coefficient (Wildman–Crippen LogP) is 3.93. The SMILES string of the molecule is N#Cc1cc(Cl)ccc1OCc1cccc(F)c1. The van der Waals surface area contributed by atoms with Gasteiger partial charge in [0.15, 0.2) is 0 Å². The zero-order valence-corrected chi connectivity index (χ0v) is 10.1. The lowest BCUT2D eigenvalue weighted by atomic mass is 10.2. The van der Waals surface area contributed by atoms with Crippen molar-refractivity contribution < 1.29 is 9.13 Å². The number of hydrogen-bond acceptors (Lipinski definition) is 2. The second kappa shape index (κ2) is 5.52. The molecule has 4 heteroatoms. The second-order valence-corrected chi connectivity index (χ2v) is 4.11. The summed E-state index contributed by atoms with van der Waals surface area (Å²) < 4.78 is 18.4. The van der Waals surface area contributed by atoms with Crippen molar-refractivity contribution in [2.75, 3.05) is 0 Å². The van der Waals surface area contributed by atoms with Crippen LogP contribution in [0, 0.1) is 17.1 Å². The van der Waals surface area contributed by atoms with Crippen LogP contribution >= 0.6 is 11.6 Å². The fourth-order valence-electron chi connectivity index (χ4n) is 1.50. The third kappa shape index (κ3) is 2.99. The monoisotopic (exact) mass is 261 g/mol. The number of rotatable bonds is 3. The van der Waals surface area contributed by atoms with Crippen LogP contribution in [0.4, 0.5) is 4.39 Å². The van der Waals surface area contributed by atoms with Gasteiger partial charge in [-0.15, -0.1) is 0 Å². The zero-order chi connectivity index (χ0) is 13.0. The van der Waals surface area contributed by atoms with Crippen LogP contribution in [0.25, 0.3) is 0 Å². The summed E-state index contributed by atoms with van der Waals surface area (Å²) in [5.74, 6) is 0.124. The molecule has 0 aromatic heterocycles. The van der Waals surface area contributed by atoms with Gasteiger partial charge in [-0.05, 0) is 35.9 Å². The Kier molecular flexibility index (Phi) is 3.81. The van der Waals surface area contributed by atoms with E-state index in [0.717, 1.165) is 0 Å². The van der Waals surface area contributed by atoms with Crippen LogP contribution in [0.5, 0.6) is 5.75 Å². The van der Waals surface area contributed by atoms with Crippen molar-refractivity contribution in [3.63, 3.8) is 0 Å². The first kappa shape index (κ1) is 12.4. The molecule has 18 heavy (non-hydrogen) atoms. The lowest BCUT2D eigenvalue weighted by molar-refractivity contribution is 0.304. The summed E-state index contributed by atoms with van der Waals surface area (Å²) >= 11 is 5.78. The van der Waals surface area contributed by atoms with Gasteiger partial charge in [-0.3, -0.25) is 0 Å². The number of nitrogens with zero attached hydrogens (tertiary/aromatic N) is 1. The molecule has 0 saturated heterocycles. The highest BCUT2D eigenvalue weighted by atomic mass is 35.5. The van der Waals surface area contributed by atoms with E-state index in [1.807, 2.05) is 6.07 Å². The summed E-state index contributed by atoms with van der Waals surface area (Å²) in [6, 6.07) is 12.9. The van der Waals surface area contributed by atoms with Crippen LogP contribution in [0.1, 0.15) is 11.1 Å². The van der Waals surface area contributed by atoms with Crippen LogP contribution in [-0.2, 0) is 6.61 Å². The van der Waals surface area contributed by atoms with Gasteiger partial charge in [-0.2, -0.15) is 5.26 Å². The van der Waals surface area contributed by atoms with Gasteiger partial charge in [0.05, 0.1) is 5.56 Å². The van der Waals surface area contributed by atoms with Crippen molar-refractivity contribution in [1.82, 2.24) is 0 Å². The minimum atomic E-state index is -0.312. The van der Waals surface area contributed by atoms with E-state index in [4.69, 9.17) is 21.6 Å². The Labute approximate surface area is 109 Å². The molecule has 0 fully saturated rings. The van der Waals surface area contributed by atoms with Crippen molar-refractivity contribution in [2.45, 2.75) is 6.61 Å². The molecule has 0 spiro atoms. The van der Waals surface area contributed by atoms with Crippen LogP contribution < -0.4 is 4.74 Å². The van der Waals surface area contributed by atoms with Crippen molar-refractivity contribution in [3.8, 4) is 11.8 Å². The summed E-state index contributed by atoms with van der Waals surface area (Å²) in [5.41, 5.74) is 1.06. The number of hydrogen-bond donors (Lipinski definition) is 0. The number of ether oxygens (including phenoxy) is 1. The highest BCUT2D eigenvalue weighted by Crippen LogP contribution is 2.23. The van der Waals surface area contributed by atoms with Gasteiger partial charge in [0.25, 0.3) is 0 Å². The number of halogens is 2. The molecule has 2 aromatic rings. The Balaban J connectivity index is 2.14. The van der Waals surface area contributed by atoms with Crippen LogP contribution in [0.15, 0.2) is 42.5 Å². The molecule has 0 aliphatic rings. The fourth-order valence-corrected chi connectivity index (χ4v) is 1.68. The van der Waals surface area contributed by atoms with Gasteiger partial charge in [0, 0.05) is 5.02 Å². The Morgan fingerprint density at radius 3 is 2.78 bits per heavy atom. The molecule has 0 radical (unpaired) electrons. The first-order valence-electron chi connectivity index (χ1n) is 5.26. The van der Waals surface area contributed by atoms with Crippen molar-refractivity contribution in [1.29, 1.82) is 5.26 Å². The summed E-state index contributed by atoms with van der Waals surface area (Å²) in [6.45, 7) is 0.202. The van der Waals surface area contributed by atoms with E-state index >= 15 is 0 Å². The molecule has 0 amide bonds. The average Bonchev–Trinajstić information content (AvgIpc) is 2.37. The van der Waals surface area contributed by atoms with Gasteiger partial charge >= 0.3 is 0 Å². The van der Waals surface area contributed by atoms with E-state index in [1.165, 1.54) is 18.2 Å². The quantitative estimate of drug-likeness (QED) is 0.839. The van der Waals surface area contributed by atoms with Crippen molar-refractivity contribution in [3.05, 3.63) is 64.4 Å². The average molecular weight is 262 g/mol. The highest BCUT2D eigenvalue weighted by Gasteiger charge is 2.04. The number of benzene rings is 2. The molecule has 0 unspecified atom stereocenters. The minimum Gasteiger partial charge on any atom is -0.488 e. The Hall–Kier alpha value is -2.05. The summed E-state index contributed by atoms with van der Waals surface area (Å²) in [7, 11) is 0. The Morgan fingerprint density at radius 2 is 2.06 bits per heavy atom. The topological polar surface area (TPSA) is 33.0 Å². The molecule has 2 aromatic carbocycles. The molecular formula is C14H9ClFNO. The molecule has 2 nitrogen and oxygen atoms in total. The van der Waals surface area contributed by atoms with E-state index in [9.17, 15) is 4.39 Å². The van der Waals surface area contributed by atoms with Gasteiger partial charge in [0.1, 0.15) is 24.2 Å². The van der Waals surface area contributed by atoms with E-state index in [1.54, 1.807) is 24.3 Å². The summed E-state index contributed by atoms with van der Waals surface area (Å²) in [4.78, 5) is 0. The van der Waals surface area contributed by atoms with E-state index < -0.39 is 0 Å². The van der Waals surface area contributed by atoms with Crippen LogP contribution in [0.3, 0.4) is 0 Å². The molecule has 90 valence electrons. The first-order valence-corrected chi connectivity index (χ1v) is 5.64. The van der Waals surface area contributed by atoms with Crippen molar-refractivity contribution >= 4 is 11.6 Å². The molecule has 0 bridgehead atoms.